The summed E-state index contributed by atoms with van der Waals surface area (Å²) in [4.78, 5) is 43.0. The van der Waals surface area contributed by atoms with Crippen molar-refractivity contribution in [2.24, 2.45) is 0 Å². The van der Waals surface area contributed by atoms with Crippen molar-refractivity contribution in [3.63, 3.8) is 0 Å². The highest BCUT2D eigenvalue weighted by molar-refractivity contribution is 6.45. The Labute approximate surface area is 190 Å². The summed E-state index contributed by atoms with van der Waals surface area (Å²) in [6.07, 6.45) is 0. The molecule has 1 saturated heterocycles. The minimum absolute atomic E-state index is 0.0774. The largest absolute Gasteiger partial charge is 0.364 e. The molecule has 2 amide bonds. The van der Waals surface area contributed by atoms with E-state index in [0.29, 0.717) is 35.1 Å². The minimum Gasteiger partial charge on any atom is -0.364 e. The maximum absolute atomic E-state index is 13.6. The van der Waals surface area contributed by atoms with Crippen LogP contribution in [-0.2, 0) is 9.59 Å². The third-order valence-corrected chi connectivity index (χ3v) is 6.38. The van der Waals surface area contributed by atoms with Crippen molar-refractivity contribution in [1.82, 2.24) is 9.80 Å². The number of carbonyl (C=O) groups is 2. The molecule has 166 valence electrons. The molecule has 32 heavy (non-hydrogen) atoms. The van der Waals surface area contributed by atoms with Crippen molar-refractivity contribution in [3.05, 3.63) is 74.4 Å². The molecule has 2 heterocycles. The smallest absolute Gasteiger partial charge is 0.282 e. The molecule has 0 atom stereocenters. The second-order valence-corrected chi connectivity index (χ2v) is 8.24. The van der Waals surface area contributed by atoms with Crippen LogP contribution < -0.4 is 4.90 Å². The molecule has 0 spiro atoms. The van der Waals surface area contributed by atoms with Crippen molar-refractivity contribution in [2.75, 3.05) is 37.6 Å². The number of amides is 2. The Morgan fingerprint density at radius 1 is 1.00 bits per heavy atom. The normalized spacial score (nSPS) is 17.5. The van der Waals surface area contributed by atoms with E-state index in [1.54, 1.807) is 18.2 Å². The lowest BCUT2D eigenvalue weighted by molar-refractivity contribution is -0.384. The lowest BCUT2D eigenvalue weighted by atomic mass is 10.0. The Balaban J connectivity index is 1.78. The first kappa shape index (κ1) is 22.0. The molecule has 1 fully saturated rings. The number of halogens is 1. The topological polar surface area (TPSA) is 87.0 Å². The van der Waals surface area contributed by atoms with Gasteiger partial charge in [-0.25, -0.2) is 4.90 Å². The average molecular weight is 455 g/mol. The maximum Gasteiger partial charge on any atom is 0.282 e. The Hall–Kier alpha value is -3.23. The molecule has 0 N–H and O–H groups in total. The molecular formula is C23H23ClN4O4. The number of aryl methyl sites for hydroxylation is 1. The molecule has 4 rings (SSSR count). The number of nitro benzene ring substituents is 1. The zero-order chi connectivity index (χ0) is 23.0. The summed E-state index contributed by atoms with van der Waals surface area (Å²) in [6, 6.07) is 10.8. The van der Waals surface area contributed by atoms with Gasteiger partial charge in [0.05, 0.1) is 16.2 Å². The predicted molar refractivity (Wildman–Crippen MR) is 122 cm³/mol. The fraction of sp³-hybridized carbons (Fsp3) is 0.304. The quantitative estimate of drug-likeness (QED) is 0.390. The number of carbonyl (C=O) groups excluding carboxylic acids is 2. The number of anilines is 1. The first-order valence-corrected chi connectivity index (χ1v) is 10.8. The van der Waals surface area contributed by atoms with E-state index in [0.717, 1.165) is 30.1 Å². The van der Waals surface area contributed by atoms with Crippen LogP contribution in [0.3, 0.4) is 0 Å². The molecule has 0 bridgehead atoms. The molecular weight excluding hydrogens is 432 g/mol. The van der Waals surface area contributed by atoms with Gasteiger partial charge in [-0.2, -0.15) is 0 Å². The second-order valence-electron chi connectivity index (χ2n) is 7.83. The van der Waals surface area contributed by atoms with Gasteiger partial charge in [0, 0.05) is 43.3 Å². The number of piperazine rings is 1. The first-order valence-electron chi connectivity index (χ1n) is 10.4. The van der Waals surface area contributed by atoms with Crippen molar-refractivity contribution in [3.8, 4) is 0 Å². The van der Waals surface area contributed by atoms with Crippen molar-refractivity contribution in [1.29, 1.82) is 0 Å². The number of hydrogen-bond acceptors (Lipinski definition) is 6. The predicted octanol–water partition coefficient (Wildman–Crippen LogP) is 3.48. The molecule has 0 aliphatic carbocycles. The molecule has 2 aromatic carbocycles. The van der Waals surface area contributed by atoms with E-state index in [-0.39, 0.29) is 11.3 Å². The SMILES string of the molecule is CCN1CCN(C2=C(c3ccc([N+](=O)[O-])cc3)C(=O)N(c3ccc(C)c(Cl)c3)C2=O)CC1. The highest BCUT2D eigenvalue weighted by Gasteiger charge is 2.43. The van der Waals surface area contributed by atoms with Gasteiger partial charge in [-0.05, 0) is 48.9 Å². The van der Waals surface area contributed by atoms with Crippen LogP contribution in [0, 0.1) is 17.0 Å². The van der Waals surface area contributed by atoms with Gasteiger partial charge < -0.3 is 9.80 Å². The monoisotopic (exact) mass is 454 g/mol. The van der Waals surface area contributed by atoms with E-state index in [1.807, 2.05) is 11.8 Å². The third-order valence-electron chi connectivity index (χ3n) is 5.98. The highest BCUT2D eigenvalue weighted by atomic mass is 35.5. The van der Waals surface area contributed by atoms with Crippen LogP contribution >= 0.6 is 11.6 Å². The summed E-state index contributed by atoms with van der Waals surface area (Å²) in [5, 5.41) is 11.5. The lowest BCUT2D eigenvalue weighted by Crippen LogP contribution is -2.47. The van der Waals surface area contributed by atoms with Crippen molar-refractivity contribution < 1.29 is 14.5 Å². The maximum atomic E-state index is 13.6. The van der Waals surface area contributed by atoms with Gasteiger partial charge in [0.2, 0.25) is 0 Å². The first-order chi connectivity index (χ1) is 15.3. The third kappa shape index (κ3) is 3.87. The number of non-ortho nitro benzene ring substituents is 1. The molecule has 2 aliphatic heterocycles. The fourth-order valence-corrected chi connectivity index (χ4v) is 4.24. The van der Waals surface area contributed by atoms with Gasteiger partial charge in [0.1, 0.15) is 5.70 Å². The van der Waals surface area contributed by atoms with E-state index in [2.05, 4.69) is 11.8 Å². The number of benzene rings is 2. The average Bonchev–Trinajstić information content (AvgIpc) is 3.05. The summed E-state index contributed by atoms with van der Waals surface area (Å²) in [5.41, 5.74) is 2.23. The summed E-state index contributed by atoms with van der Waals surface area (Å²) in [6.45, 7) is 7.64. The molecule has 0 unspecified atom stereocenters. The van der Waals surface area contributed by atoms with Gasteiger partial charge >= 0.3 is 0 Å². The minimum atomic E-state index is -0.495. The standard InChI is InChI=1S/C23H23ClN4O4/c1-3-25-10-12-26(13-11-25)21-20(16-5-8-17(9-6-16)28(31)32)22(29)27(23(21)30)18-7-4-15(2)19(24)14-18/h4-9,14H,3,10-13H2,1-2H3. The zero-order valence-electron chi connectivity index (χ0n) is 17.9. The van der Waals surface area contributed by atoms with Crippen LogP contribution in [0.25, 0.3) is 5.57 Å². The van der Waals surface area contributed by atoms with Gasteiger partial charge in [0.25, 0.3) is 17.5 Å². The van der Waals surface area contributed by atoms with Gasteiger partial charge in [-0.1, -0.05) is 24.6 Å². The molecule has 2 aromatic rings. The molecule has 2 aliphatic rings. The van der Waals surface area contributed by atoms with Crippen LogP contribution in [0.2, 0.25) is 5.02 Å². The number of imide groups is 1. The Morgan fingerprint density at radius 3 is 2.22 bits per heavy atom. The number of nitro groups is 1. The molecule has 0 aromatic heterocycles. The van der Waals surface area contributed by atoms with Crippen LogP contribution in [0.15, 0.2) is 48.2 Å². The summed E-state index contributed by atoms with van der Waals surface area (Å²) >= 11 is 6.26. The molecule has 0 radical (unpaired) electrons. The Morgan fingerprint density at radius 2 is 1.66 bits per heavy atom. The van der Waals surface area contributed by atoms with Crippen molar-refractivity contribution >= 4 is 40.4 Å². The lowest BCUT2D eigenvalue weighted by Gasteiger charge is -2.36. The summed E-state index contributed by atoms with van der Waals surface area (Å²) in [5.74, 6) is -0.870. The van der Waals surface area contributed by atoms with Crippen LogP contribution in [-0.4, -0.2) is 59.3 Å². The molecule has 9 heteroatoms. The summed E-state index contributed by atoms with van der Waals surface area (Å²) < 4.78 is 0. The Kier molecular flexibility index (Phi) is 5.99. The van der Waals surface area contributed by atoms with E-state index < -0.39 is 16.7 Å². The van der Waals surface area contributed by atoms with E-state index in [1.165, 1.54) is 24.3 Å². The highest BCUT2D eigenvalue weighted by Crippen LogP contribution is 2.36. The summed E-state index contributed by atoms with van der Waals surface area (Å²) in [7, 11) is 0. The van der Waals surface area contributed by atoms with E-state index in [9.17, 15) is 19.7 Å². The van der Waals surface area contributed by atoms with E-state index >= 15 is 0 Å². The number of nitrogens with zero attached hydrogens (tertiary/aromatic N) is 4. The van der Waals surface area contributed by atoms with Crippen LogP contribution in [0.1, 0.15) is 18.1 Å². The molecule has 0 saturated carbocycles. The fourth-order valence-electron chi connectivity index (χ4n) is 4.06. The van der Waals surface area contributed by atoms with E-state index in [4.69, 9.17) is 11.6 Å². The Bertz CT molecular complexity index is 1120. The number of hydrogen-bond donors (Lipinski definition) is 0. The van der Waals surface area contributed by atoms with Crippen LogP contribution in [0.4, 0.5) is 11.4 Å². The number of rotatable bonds is 5. The van der Waals surface area contributed by atoms with Gasteiger partial charge in [-0.15, -0.1) is 0 Å². The molecule has 8 nitrogen and oxygen atoms in total. The van der Waals surface area contributed by atoms with Crippen molar-refractivity contribution in [2.45, 2.75) is 13.8 Å². The van der Waals surface area contributed by atoms with Crippen LogP contribution in [0.5, 0.6) is 0 Å². The zero-order valence-corrected chi connectivity index (χ0v) is 18.6. The van der Waals surface area contributed by atoms with Gasteiger partial charge in [0.15, 0.2) is 0 Å². The van der Waals surface area contributed by atoms with Gasteiger partial charge in [-0.3, -0.25) is 19.7 Å². The second kappa shape index (κ2) is 8.72. The number of likely N-dealkylation sites (N-methyl/N-ethyl adjacent to an activating group) is 1.